The molecule has 0 aliphatic rings. The third-order valence-corrected chi connectivity index (χ3v) is 5.36. The predicted octanol–water partition coefficient (Wildman–Crippen LogP) is 4.23. The Balaban J connectivity index is 1.95. The zero-order valence-electron chi connectivity index (χ0n) is 17.7. The summed E-state index contributed by atoms with van der Waals surface area (Å²) in [5.41, 5.74) is 2.24. The Hall–Kier alpha value is -3.93. The quantitative estimate of drug-likeness (QED) is 0.491. The minimum atomic E-state index is -0.312. The third kappa shape index (κ3) is 3.57. The molecule has 4 aromatic rings. The number of nitrogens with zero attached hydrogens (tertiary/aromatic N) is 3. The number of ether oxygens (including phenoxy) is 1. The number of hydrogen-bond donors (Lipinski definition) is 0. The van der Waals surface area contributed by atoms with Crippen molar-refractivity contribution in [3.8, 4) is 11.4 Å². The standard InChI is InChI=1S/C25H23N3O3/c1-4-17-11-5-8-14-20(17)27(2)25(30)23-18-12-6-7-13-19(18)24(29)28(26-23)21-15-9-10-16-22(21)31-3/h5-16H,4H2,1-3H3. The van der Waals surface area contributed by atoms with Crippen molar-refractivity contribution < 1.29 is 9.53 Å². The van der Waals surface area contributed by atoms with Crippen molar-refractivity contribution in [2.24, 2.45) is 0 Å². The first-order valence-electron chi connectivity index (χ1n) is 10.1. The largest absolute Gasteiger partial charge is 0.494 e. The van der Waals surface area contributed by atoms with E-state index in [4.69, 9.17) is 4.74 Å². The van der Waals surface area contributed by atoms with Gasteiger partial charge in [0.15, 0.2) is 5.69 Å². The highest BCUT2D eigenvalue weighted by atomic mass is 16.5. The summed E-state index contributed by atoms with van der Waals surface area (Å²) >= 11 is 0. The van der Waals surface area contributed by atoms with Crippen LogP contribution in [0.5, 0.6) is 5.75 Å². The van der Waals surface area contributed by atoms with Gasteiger partial charge >= 0.3 is 0 Å². The van der Waals surface area contributed by atoms with E-state index in [2.05, 4.69) is 5.10 Å². The fourth-order valence-electron chi connectivity index (χ4n) is 3.72. The molecular formula is C25H23N3O3. The van der Waals surface area contributed by atoms with Gasteiger partial charge in [0.2, 0.25) is 0 Å². The molecule has 0 aliphatic carbocycles. The van der Waals surface area contributed by atoms with Crippen LogP contribution in [0.2, 0.25) is 0 Å². The van der Waals surface area contributed by atoms with E-state index in [0.717, 1.165) is 17.7 Å². The summed E-state index contributed by atoms with van der Waals surface area (Å²) in [5, 5.41) is 5.45. The Morgan fingerprint density at radius 3 is 2.35 bits per heavy atom. The van der Waals surface area contributed by atoms with E-state index in [1.807, 2.05) is 37.3 Å². The molecule has 0 radical (unpaired) electrons. The summed E-state index contributed by atoms with van der Waals surface area (Å²) in [5.74, 6) is 0.205. The zero-order chi connectivity index (χ0) is 22.0. The Labute approximate surface area is 180 Å². The molecule has 0 spiro atoms. The van der Waals surface area contributed by atoms with Gasteiger partial charge in [0.1, 0.15) is 11.4 Å². The van der Waals surface area contributed by atoms with E-state index < -0.39 is 0 Å². The van der Waals surface area contributed by atoms with Gasteiger partial charge in [0.25, 0.3) is 11.5 Å². The van der Waals surface area contributed by atoms with Crippen molar-refractivity contribution in [2.45, 2.75) is 13.3 Å². The molecule has 0 N–H and O–H groups in total. The molecule has 31 heavy (non-hydrogen) atoms. The lowest BCUT2D eigenvalue weighted by Crippen LogP contribution is -2.32. The molecule has 6 nitrogen and oxygen atoms in total. The van der Waals surface area contributed by atoms with Crippen LogP contribution in [0.4, 0.5) is 5.69 Å². The lowest BCUT2D eigenvalue weighted by Gasteiger charge is -2.21. The normalized spacial score (nSPS) is 10.8. The number of amides is 1. The molecule has 156 valence electrons. The number of methoxy groups -OCH3 is 1. The topological polar surface area (TPSA) is 64.4 Å². The van der Waals surface area contributed by atoms with E-state index >= 15 is 0 Å². The maximum atomic E-state index is 13.6. The average molecular weight is 413 g/mol. The summed E-state index contributed by atoms with van der Waals surface area (Å²) in [6.45, 7) is 2.05. The van der Waals surface area contributed by atoms with Crippen LogP contribution in [-0.4, -0.2) is 29.8 Å². The summed E-state index contributed by atoms with van der Waals surface area (Å²) < 4.78 is 6.66. The second-order valence-electron chi connectivity index (χ2n) is 7.13. The van der Waals surface area contributed by atoms with Crippen molar-refractivity contribution in [3.05, 3.63) is 94.4 Å². The summed E-state index contributed by atoms with van der Waals surface area (Å²) in [4.78, 5) is 28.4. The van der Waals surface area contributed by atoms with Crippen molar-refractivity contribution in [2.75, 3.05) is 19.1 Å². The van der Waals surface area contributed by atoms with Gasteiger partial charge in [-0.25, -0.2) is 0 Å². The van der Waals surface area contributed by atoms with Crippen LogP contribution >= 0.6 is 0 Å². The minimum absolute atomic E-state index is 0.203. The van der Waals surface area contributed by atoms with Crippen LogP contribution in [0.25, 0.3) is 16.5 Å². The molecule has 1 aromatic heterocycles. The van der Waals surface area contributed by atoms with Crippen molar-refractivity contribution in [3.63, 3.8) is 0 Å². The lowest BCUT2D eigenvalue weighted by molar-refractivity contribution is 0.0988. The number of carbonyl (C=O) groups excluding carboxylic acids is 1. The highest BCUT2D eigenvalue weighted by Crippen LogP contribution is 2.25. The average Bonchev–Trinajstić information content (AvgIpc) is 2.83. The van der Waals surface area contributed by atoms with Crippen LogP contribution in [-0.2, 0) is 6.42 Å². The van der Waals surface area contributed by atoms with E-state index in [1.165, 1.54) is 11.8 Å². The highest BCUT2D eigenvalue weighted by Gasteiger charge is 2.23. The second-order valence-corrected chi connectivity index (χ2v) is 7.13. The zero-order valence-corrected chi connectivity index (χ0v) is 17.7. The molecule has 0 aliphatic heterocycles. The van der Waals surface area contributed by atoms with Gasteiger partial charge in [-0.2, -0.15) is 9.78 Å². The smallest absolute Gasteiger partial charge is 0.279 e. The van der Waals surface area contributed by atoms with Crippen LogP contribution in [0.1, 0.15) is 23.0 Å². The number of benzene rings is 3. The van der Waals surface area contributed by atoms with Crippen LogP contribution in [0.15, 0.2) is 77.6 Å². The number of carbonyl (C=O) groups is 1. The van der Waals surface area contributed by atoms with Gasteiger partial charge in [0, 0.05) is 18.1 Å². The Morgan fingerprint density at radius 2 is 1.61 bits per heavy atom. The summed E-state index contributed by atoms with van der Waals surface area (Å²) in [6, 6.07) is 21.9. The number of anilines is 1. The molecular weight excluding hydrogens is 390 g/mol. The third-order valence-electron chi connectivity index (χ3n) is 5.36. The highest BCUT2D eigenvalue weighted by molar-refractivity contribution is 6.12. The first kappa shape index (κ1) is 20.3. The lowest BCUT2D eigenvalue weighted by atomic mass is 10.1. The summed E-state index contributed by atoms with van der Waals surface area (Å²) in [6.07, 6.45) is 0.794. The Morgan fingerprint density at radius 1 is 0.968 bits per heavy atom. The molecule has 6 heteroatoms. The summed E-state index contributed by atoms with van der Waals surface area (Å²) in [7, 11) is 3.26. The first-order valence-corrected chi connectivity index (χ1v) is 10.1. The molecule has 3 aromatic carbocycles. The number of aryl methyl sites for hydroxylation is 1. The molecule has 4 rings (SSSR count). The van der Waals surface area contributed by atoms with E-state index in [9.17, 15) is 9.59 Å². The number of hydrogen-bond acceptors (Lipinski definition) is 4. The second kappa shape index (κ2) is 8.44. The molecule has 0 bridgehead atoms. The first-order chi connectivity index (χ1) is 15.1. The van der Waals surface area contributed by atoms with Crippen molar-refractivity contribution >= 4 is 22.4 Å². The molecule has 0 saturated carbocycles. The van der Waals surface area contributed by atoms with Crippen LogP contribution in [0, 0.1) is 0 Å². The van der Waals surface area contributed by atoms with Gasteiger partial charge in [-0.05, 0) is 36.2 Å². The Bertz CT molecular complexity index is 1330. The monoisotopic (exact) mass is 413 g/mol. The minimum Gasteiger partial charge on any atom is -0.494 e. The van der Waals surface area contributed by atoms with Crippen molar-refractivity contribution in [1.29, 1.82) is 0 Å². The van der Waals surface area contributed by atoms with Gasteiger partial charge < -0.3 is 9.64 Å². The van der Waals surface area contributed by atoms with E-state index in [1.54, 1.807) is 54.4 Å². The van der Waals surface area contributed by atoms with Gasteiger partial charge in [0.05, 0.1) is 12.5 Å². The molecule has 0 fully saturated rings. The van der Waals surface area contributed by atoms with Crippen LogP contribution in [0.3, 0.4) is 0 Å². The number of fused-ring (bicyclic) bond motifs is 1. The van der Waals surface area contributed by atoms with Gasteiger partial charge in [-0.3, -0.25) is 9.59 Å². The molecule has 1 amide bonds. The fourth-order valence-corrected chi connectivity index (χ4v) is 3.72. The fraction of sp³-hybridized carbons (Fsp3) is 0.160. The molecule has 0 atom stereocenters. The number of rotatable bonds is 5. The van der Waals surface area contributed by atoms with Crippen molar-refractivity contribution in [1.82, 2.24) is 9.78 Å². The molecule has 0 unspecified atom stereocenters. The molecule has 0 saturated heterocycles. The Kier molecular flexibility index (Phi) is 5.54. The van der Waals surface area contributed by atoms with E-state index in [0.29, 0.717) is 22.2 Å². The maximum absolute atomic E-state index is 13.6. The van der Waals surface area contributed by atoms with Gasteiger partial charge in [-0.1, -0.05) is 55.5 Å². The maximum Gasteiger partial charge on any atom is 0.279 e. The number of aromatic nitrogens is 2. The predicted molar refractivity (Wildman–Crippen MR) is 122 cm³/mol. The van der Waals surface area contributed by atoms with E-state index in [-0.39, 0.29) is 17.2 Å². The van der Waals surface area contributed by atoms with Crippen LogP contribution < -0.4 is 15.2 Å². The molecule has 1 heterocycles. The SMILES string of the molecule is CCc1ccccc1N(C)C(=O)c1nn(-c2ccccc2OC)c(=O)c2ccccc12. The van der Waals surface area contributed by atoms with Gasteiger partial charge in [-0.15, -0.1) is 0 Å². The number of para-hydroxylation sites is 3.